The van der Waals surface area contributed by atoms with Gasteiger partial charge in [-0.15, -0.1) is 0 Å². The zero-order valence-corrected chi connectivity index (χ0v) is 13.7. The lowest BCUT2D eigenvalue weighted by atomic mass is 10.1. The number of rotatable bonds is 3. The molecule has 0 aromatic rings. The van der Waals surface area contributed by atoms with Gasteiger partial charge in [0.2, 0.25) is 0 Å². The molecule has 2 aliphatic rings. The van der Waals surface area contributed by atoms with Gasteiger partial charge in [0, 0.05) is 12.1 Å². The Bertz CT molecular complexity index is 455. The zero-order valence-electron chi connectivity index (χ0n) is 13.7. The molecule has 0 saturated carbocycles. The second-order valence-electron chi connectivity index (χ2n) is 7.20. The van der Waals surface area contributed by atoms with E-state index >= 15 is 0 Å². The summed E-state index contributed by atoms with van der Waals surface area (Å²) in [7, 11) is 0. The number of carbonyl (C=O) groups excluding carboxylic acids is 1. The van der Waals surface area contributed by atoms with Crippen LogP contribution in [0.3, 0.4) is 0 Å². The molecule has 0 aromatic heterocycles. The number of hydrogen-bond acceptors (Lipinski definition) is 5. The summed E-state index contributed by atoms with van der Waals surface area (Å²) in [5.41, 5.74) is -0.554. The van der Waals surface area contributed by atoms with Crippen LogP contribution in [0, 0.1) is 0 Å². The average molecular weight is 298 g/mol. The highest BCUT2D eigenvalue weighted by atomic mass is 16.7. The maximum atomic E-state index is 11.9. The van der Waals surface area contributed by atoms with E-state index in [2.05, 4.69) is 10.6 Å². The van der Waals surface area contributed by atoms with Crippen molar-refractivity contribution in [1.29, 1.82) is 0 Å². The summed E-state index contributed by atoms with van der Waals surface area (Å²) in [6.07, 6.45) is 1.32. The molecule has 0 aliphatic carbocycles. The Morgan fingerprint density at radius 2 is 2.05 bits per heavy atom. The first kappa shape index (κ1) is 16.3. The Hall–Kier alpha value is -1.11. The maximum absolute atomic E-state index is 11.9. The van der Waals surface area contributed by atoms with Crippen molar-refractivity contribution in [2.24, 2.45) is 0 Å². The van der Waals surface area contributed by atoms with Crippen molar-refractivity contribution in [2.75, 3.05) is 13.2 Å². The fourth-order valence-electron chi connectivity index (χ4n) is 2.77. The molecule has 0 bridgehead atoms. The van der Waals surface area contributed by atoms with Crippen molar-refractivity contribution >= 4 is 6.09 Å². The fourth-order valence-corrected chi connectivity index (χ4v) is 2.77. The van der Waals surface area contributed by atoms with Crippen LogP contribution in [0.2, 0.25) is 0 Å². The molecule has 1 unspecified atom stereocenters. The van der Waals surface area contributed by atoms with E-state index in [-0.39, 0.29) is 17.2 Å². The molecule has 1 saturated heterocycles. The Kier molecular flexibility index (Phi) is 4.08. The molecule has 6 heteroatoms. The molecular formula is C15H26N2O4. The highest BCUT2D eigenvalue weighted by Crippen LogP contribution is 2.30. The van der Waals surface area contributed by atoms with Gasteiger partial charge in [-0.05, 0) is 47.6 Å². The fraction of sp³-hybridized carbons (Fsp3) is 0.800. The Morgan fingerprint density at radius 3 is 2.52 bits per heavy atom. The Morgan fingerprint density at radius 1 is 1.38 bits per heavy atom. The van der Waals surface area contributed by atoms with Gasteiger partial charge >= 0.3 is 6.09 Å². The van der Waals surface area contributed by atoms with Crippen LogP contribution in [-0.2, 0) is 14.2 Å². The summed E-state index contributed by atoms with van der Waals surface area (Å²) in [5.74, 6) is 0.0501. The third-order valence-corrected chi connectivity index (χ3v) is 3.49. The summed E-state index contributed by atoms with van der Waals surface area (Å²) < 4.78 is 16.5. The van der Waals surface area contributed by atoms with Gasteiger partial charge in [-0.3, -0.25) is 5.32 Å². The van der Waals surface area contributed by atoms with E-state index in [1.54, 1.807) is 0 Å². The lowest BCUT2D eigenvalue weighted by Crippen LogP contribution is -2.46. The smallest absolute Gasteiger partial charge is 0.412 e. The third-order valence-electron chi connectivity index (χ3n) is 3.49. The van der Waals surface area contributed by atoms with E-state index < -0.39 is 11.9 Å². The van der Waals surface area contributed by atoms with E-state index in [1.807, 2.05) is 47.6 Å². The lowest BCUT2D eigenvalue weighted by Gasteiger charge is -2.27. The van der Waals surface area contributed by atoms with E-state index in [0.717, 1.165) is 0 Å². The van der Waals surface area contributed by atoms with Gasteiger partial charge in [0.05, 0.1) is 12.1 Å². The summed E-state index contributed by atoms with van der Waals surface area (Å²) in [6.45, 7) is 12.6. The largest absolute Gasteiger partial charge is 0.413 e. The van der Waals surface area contributed by atoms with Gasteiger partial charge in [-0.2, -0.15) is 0 Å². The normalized spacial score (nSPS) is 29.0. The molecule has 2 aliphatic heterocycles. The zero-order chi connectivity index (χ0) is 15.9. The van der Waals surface area contributed by atoms with Crippen LogP contribution in [0.25, 0.3) is 0 Å². The monoisotopic (exact) mass is 298 g/mol. The number of alkyl carbamates (subject to hydrolysis) is 1. The first-order valence-corrected chi connectivity index (χ1v) is 7.29. The maximum Gasteiger partial charge on any atom is 0.412 e. The van der Waals surface area contributed by atoms with E-state index in [0.29, 0.717) is 18.9 Å². The summed E-state index contributed by atoms with van der Waals surface area (Å²) >= 11 is 0. The van der Waals surface area contributed by atoms with Crippen LogP contribution >= 0.6 is 0 Å². The lowest BCUT2D eigenvalue weighted by molar-refractivity contribution is -0.137. The van der Waals surface area contributed by atoms with Crippen LogP contribution in [0.4, 0.5) is 4.79 Å². The second kappa shape index (κ2) is 5.26. The average Bonchev–Trinajstić information content (AvgIpc) is 2.72. The van der Waals surface area contributed by atoms with Gasteiger partial charge in [-0.25, -0.2) is 4.79 Å². The molecule has 0 spiro atoms. The minimum absolute atomic E-state index is 0.146. The molecule has 2 N–H and O–H groups in total. The number of carbonyl (C=O) groups is 1. The molecule has 1 fully saturated rings. The van der Waals surface area contributed by atoms with Crippen LogP contribution in [0.15, 0.2) is 11.8 Å². The third kappa shape index (κ3) is 4.18. The van der Waals surface area contributed by atoms with E-state index in [9.17, 15) is 4.79 Å². The van der Waals surface area contributed by atoms with Crippen LogP contribution in [0.5, 0.6) is 0 Å². The van der Waals surface area contributed by atoms with E-state index in [4.69, 9.17) is 14.2 Å². The molecule has 0 radical (unpaired) electrons. The number of hydrogen-bond donors (Lipinski definition) is 2. The summed E-state index contributed by atoms with van der Waals surface area (Å²) in [5, 5.41) is 6.11. The van der Waals surface area contributed by atoms with Gasteiger partial charge in [-0.1, -0.05) is 0 Å². The Labute approximate surface area is 126 Å². The standard InChI is InChI=1S/C15H26N2O4/c1-13(2)7-11(14(3,4)17-13)20-12(18)16-8-10-9-19-15(5,6)21-10/h7,10,17H,8-9H2,1-6H3,(H,16,18). The van der Waals surface area contributed by atoms with Crippen LogP contribution < -0.4 is 10.6 Å². The first-order valence-electron chi connectivity index (χ1n) is 7.29. The molecule has 1 amide bonds. The van der Waals surface area contributed by atoms with Crippen molar-refractivity contribution in [3.8, 4) is 0 Å². The first-order chi connectivity index (χ1) is 9.49. The number of nitrogens with one attached hydrogen (secondary N) is 2. The molecule has 21 heavy (non-hydrogen) atoms. The van der Waals surface area contributed by atoms with Crippen molar-refractivity contribution in [3.05, 3.63) is 11.8 Å². The van der Waals surface area contributed by atoms with Gasteiger partial charge < -0.3 is 19.5 Å². The molecule has 2 rings (SSSR count). The molecular weight excluding hydrogens is 272 g/mol. The predicted octanol–water partition coefficient (Wildman–Crippen LogP) is 1.91. The van der Waals surface area contributed by atoms with Crippen molar-refractivity contribution in [2.45, 2.75) is 64.5 Å². The second-order valence-corrected chi connectivity index (χ2v) is 7.20. The quantitative estimate of drug-likeness (QED) is 0.833. The van der Waals surface area contributed by atoms with Gasteiger partial charge in [0.15, 0.2) is 5.79 Å². The van der Waals surface area contributed by atoms with Crippen LogP contribution in [-0.4, -0.2) is 42.2 Å². The SMILES string of the molecule is CC1(C)C=C(OC(=O)NCC2COC(C)(C)O2)C(C)(C)N1. The van der Waals surface area contributed by atoms with Crippen molar-refractivity contribution in [3.63, 3.8) is 0 Å². The van der Waals surface area contributed by atoms with Gasteiger partial charge in [0.1, 0.15) is 11.9 Å². The minimum Gasteiger partial charge on any atom is -0.413 e. The Balaban J connectivity index is 1.83. The number of amides is 1. The molecule has 120 valence electrons. The van der Waals surface area contributed by atoms with Crippen LogP contribution in [0.1, 0.15) is 41.5 Å². The highest BCUT2D eigenvalue weighted by Gasteiger charge is 2.39. The van der Waals surface area contributed by atoms with Crippen molar-refractivity contribution < 1.29 is 19.0 Å². The molecule has 1 atom stereocenters. The minimum atomic E-state index is -0.583. The summed E-state index contributed by atoms with van der Waals surface area (Å²) in [4.78, 5) is 11.9. The predicted molar refractivity (Wildman–Crippen MR) is 78.8 cm³/mol. The highest BCUT2D eigenvalue weighted by molar-refractivity contribution is 5.69. The molecule has 2 heterocycles. The van der Waals surface area contributed by atoms with E-state index in [1.165, 1.54) is 0 Å². The number of ether oxygens (including phenoxy) is 3. The molecule has 0 aromatic carbocycles. The van der Waals surface area contributed by atoms with Crippen molar-refractivity contribution in [1.82, 2.24) is 10.6 Å². The van der Waals surface area contributed by atoms with Gasteiger partial charge in [0.25, 0.3) is 0 Å². The summed E-state index contributed by atoms with van der Waals surface area (Å²) in [6, 6.07) is 0. The topological polar surface area (TPSA) is 68.8 Å². The molecule has 6 nitrogen and oxygen atoms in total.